The fourth-order valence-electron chi connectivity index (χ4n) is 1.59. The summed E-state index contributed by atoms with van der Waals surface area (Å²) in [4.78, 5) is 11.5. The summed E-state index contributed by atoms with van der Waals surface area (Å²) < 4.78 is 32.0. The molecule has 0 radical (unpaired) electrons. The highest BCUT2D eigenvalue weighted by Crippen LogP contribution is 2.31. The standard InChI is InChI=1S/C12H16BrClN2O4S/c1-6(2)11(12(17)20-3)16-21(18,19)9-5-7(14)4-8(15)10(9)13/h4-6,11,16H,15H2,1-3H3. The van der Waals surface area contributed by atoms with Crippen molar-refractivity contribution in [3.05, 3.63) is 21.6 Å². The van der Waals surface area contributed by atoms with Gasteiger partial charge in [-0.3, -0.25) is 4.79 Å². The Labute approximate surface area is 137 Å². The van der Waals surface area contributed by atoms with Gasteiger partial charge >= 0.3 is 5.97 Å². The minimum atomic E-state index is -4.00. The van der Waals surface area contributed by atoms with Gasteiger partial charge in [0.15, 0.2) is 0 Å². The summed E-state index contributed by atoms with van der Waals surface area (Å²) in [6.07, 6.45) is 0. The van der Waals surface area contributed by atoms with Crippen LogP contribution in [0.3, 0.4) is 0 Å². The van der Waals surface area contributed by atoms with Crippen molar-refractivity contribution in [2.75, 3.05) is 12.8 Å². The van der Waals surface area contributed by atoms with Crippen LogP contribution < -0.4 is 10.5 Å². The van der Waals surface area contributed by atoms with E-state index in [2.05, 4.69) is 25.4 Å². The van der Waals surface area contributed by atoms with Crippen LogP contribution in [0.15, 0.2) is 21.5 Å². The second kappa shape index (κ2) is 6.95. The van der Waals surface area contributed by atoms with Crippen molar-refractivity contribution < 1.29 is 17.9 Å². The molecule has 0 aliphatic carbocycles. The Kier molecular flexibility index (Phi) is 6.03. The number of nitrogens with one attached hydrogen (secondary N) is 1. The van der Waals surface area contributed by atoms with E-state index in [1.54, 1.807) is 13.8 Å². The molecule has 0 amide bonds. The highest BCUT2D eigenvalue weighted by Gasteiger charge is 2.30. The monoisotopic (exact) mass is 398 g/mol. The molecule has 0 fully saturated rings. The van der Waals surface area contributed by atoms with E-state index in [1.165, 1.54) is 19.2 Å². The van der Waals surface area contributed by atoms with Gasteiger partial charge in [-0.05, 0) is 34.0 Å². The van der Waals surface area contributed by atoms with Gasteiger partial charge in [0.1, 0.15) is 6.04 Å². The molecule has 21 heavy (non-hydrogen) atoms. The van der Waals surface area contributed by atoms with Gasteiger partial charge < -0.3 is 10.5 Å². The van der Waals surface area contributed by atoms with E-state index in [-0.39, 0.29) is 26.0 Å². The molecule has 1 rings (SSSR count). The quantitative estimate of drug-likeness (QED) is 0.584. The van der Waals surface area contributed by atoms with Crippen LogP contribution in [-0.2, 0) is 19.6 Å². The number of nitrogen functional groups attached to an aromatic ring is 1. The number of rotatable bonds is 5. The molecule has 118 valence electrons. The summed E-state index contributed by atoms with van der Waals surface area (Å²) in [5.74, 6) is -0.956. The van der Waals surface area contributed by atoms with E-state index in [4.69, 9.17) is 17.3 Å². The van der Waals surface area contributed by atoms with Crippen LogP contribution in [0.5, 0.6) is 0 Å². The molecule has 9 heteroatoms. The Morgan fingerprint density at radius 2 is 2.00 bits per heavy atom. The molecule has 1 atom stereocenters. The first kappa shape index (κ1) is 18.2. The summed E-state index contributed by atoms with van der Waals surface area (Å²) in [7, 11) is -2.80. The average Bonchev–Trinajstić information content (AvgIpc) is 2.38. The number of halogens is 2. The van der Waals surface area contributed by atoms with Gasteiger partial charge in [0.05, 0.1) is 16.5 Å². The van der Waals surface area contributed by atoms with Crippen LogP contribution in [-0.4, -0.2) is 27.5 Å². The summed E-state index contributed by atoms with van der Waals surface area (Å²) in [6.45, 7) is 3.40. The molecule has 0 saturated carbocycles. The Morgan fingerprint density at radius 1 is 1.43 bits per heavy atom. The number of hydrogen-bond donors (Lipinski definition) is 2. The number of anilines is 1. The van der Waals surface area contributed by atoms with E-state index < -0.39 is 22.0 Å². The van der Waals surface area contributed by atoms with Gasteiger partial charge in [-0.25, -0.2) is 8.42 Å². The summed E-state index contributed by atoms with van der Waals surface area (Å²) >= 11 is 8.94. The van der Waals surface area contributed by atoms with E-state index >= 15 is 0 Å². The third kappa shape index (κ3) is 4.32. The molecule has 1 aromatic rings. The molecular formula is C12H16BrClN2O4S. The third-order valence-corrected chi connectivity index (χ3v) is 5.56. The molecule has 0 heterocycles. The van der Waals surface area contributed by atoms with Gasteiger partial charge in [-0.2, -0.15) is 4.72 Å². The molecule has 3 N–H and O–H groups in total. The number of esters is 1. The molecule has 6 nitrogen and oxygen atoms in total. The number of benzene rings is 1. The average molecular weight is 400 g/mol. The predicted octanol–water partition coefficient (Wildman–Crippen LogP) is 2.16. The normalized spacial score (nSPS) is 13.2. The number of carbonyl (C=O) groups excluding carboxylic acids is 1. The maximum Gasteiger partial charge on any atom is 0.324 e. The molecule has 0 saturated heterocycles. The lowest BCUT2D eigenvalue weighted by Gasteiger charge is -2.20. The second-order valence-corrected chi connectivity index (χ2v) is 7.59. The second-order valence-electron chi connectivity index (χ2n) is 4.67. The smallest absolute Gasteiger partial charge is 0.324 e. The Balaban J connectivity index is 3.26. The van der Waals surface area contributed by atoms with Crippen LogP contribution in [0.1, 0.15) is 13.8 Å². The molecule has 0 aliphatic rings. The van der Waals surface area contributed by atoms with E-state index in [0.717, 1.165) is 0 Å². The Bertz CT molecular complexity index is 649. The van der Waals surface area contributed by atoms with E-state index in [1.807, 2.05) is 0 Å². The van der Waals surface area contributed by atoms with Crippen LogP contribution in [0.25, 0.3) is 0 Å². The summed E-state index contributed by atoms with van der Waals surface area (Å²) in [6, 6.07) is 1.66. The maximum absolute atomic E-state index is 12.4. The zero-order valence-electron chi connectivity index (χ0n) is 11.7. The summed E-state index contributed by atoms with van der Waals surface area (Å²) in [5, 5.41) is 0.176. The van der Waals surface area contributed by atoms with Crippen molar-refractivity contribution in [1.82, 2.24) is 4.72 Å². The number of hydrogen-bond acceptors (Lipinski definition) is 5. The lowest BCUT2D eigenvalue weighted by molar-refractivity contribution is -0.143. The fraction of sp³-hybridized carbons (Fsp3) is 0.417. The van der Waals surface area contributed by atoms with Crippen molar-refractivity contribution in [3.63, 3.8) is 0 Å². The van der Waals surface area contributed by atoms with E-state index in [0.29, 0.717) is 0 Å². The number of methoxy groups -OCH3 is 1. The first-order valence-electron chi connectivity index (χ1n) is 5.94. The highest BCUT2D eigenvalue weighted by molar-refractivity contribution is 9.10. The molecule has 0 aliphatic heterocycles. The molecule has 1 unspecified atom stereocenters. The SMILES string of the molecule is COC(=O)C(NS(=O)(=O)c1cc(Cl)cc(N)c1Br)C(C)C. The fourth-order valence-corrected chi connectivity index (χ4v) is 4.22. The van der Waals surface area contributed by atoms with Crippen molar-refractivity contribution in [2.45, 2.75) is 24.8 Å². The van der Waals surface area contributed by atoms with Crippen LogP contribution in [0.2, 0.25) is 5.02 Å². The van der Waals surface area contributed by atoms with Crippen LogP contribution >= 0.6 is 27.5 Å². The van der Waals surface area contributed by atoms with Gasteiger partial charge in [0.2, 0.25) is 10.0 Å². The lowest BCUT2D eigenvalue weighted by atomic mass is 10.1. The van der Waals surface area contributed by atoms with Crippen molar-refractivity contribution >= 4 is 49.2 Å². The summed E-state index contributed by atoms with van der Waals surface area (Å²) in [5.41, 5.74) is 5.86. The number of ether oxygens (including phenoxy) is 1. The first-order valence-corrected chi connectivity index (χ1v) is 8.60. The molecular weight excluding hydrogens is 384 g/mol. The van der Waals surface area contributed by atoms with Crippen molar-refractivity contribution in [1.29, 1.82) is 0 Å². The van der Waals surface area contributed by atoms with Crippen molar-refractivity contribution in [2.24, 2.45) is 5.92 Å². The molecule has 0 bridgehead atoms. The van der Waals surface area contributed by atoms with Crippen LogP contribution in [0, 0.1) is 5.92 Å². The molecule has 0 aromatic heterocycles. The molecule has 0 spiro atoms. The van der Waals surface area contributed by atoms with E-state index in [9.17, 15) is 13.2 Å². The van der Waals surface area contributed by atoms with Gasteiger partial charge in [-0.15, -0.1) is 0 Å². The molecule has 1 aromatic carbocycles. The minimum Gasteiger partial charge on any atom is -0.468 e. The minimum absolute atomic E-state index is 0.137. The largest absolute Gasteiger partial charge is 0.468 e. The van der Waals surface area contributed by atoms with Gasteiger partial charge in [0.25, 0.3) is 0 Å². The number of carbonyl (C=O) groups is 1. The first-order chi connectivity index (χ1) is 9.60. The van der Waals surface area contributed by atoms with Crippen LogP contribution in [0.4, 0.5) is 5.69 Å². The third-order valence-electron chi connectivity index (χ3n) is 2.73. The van der Waals surface area contributed by atoms with Gasteiger partial charge in [0, 0.05) is 10.7 Å². The highest BCUT2D eigenvalue weighted by atomic mass is 79.9. The maximum atomic E-state index is 12.4. The number of nitrogens with two attached hydrogens (primary N) is 1. The zero-order chi connectivity index (χ0) is 16.4. The zero-order valence-corrected chi connectivity index (χ0v) is 14.8. The lowest BCUT2D eigenvalue weighted by Crippen LogP contribution is -2.45. The Hall–Kier alpha value is -0.830. The van der Waals surface area contributed by atoms with Gasteiger partial charge in [-0.1, -0.05) is 25.4 Å². The van der Waals surface area contributed by atoms with Crippen molar-refractivity contribution in [3.8, 4) is 0 Å². The topological polar surface area (TPSA) is 98.5 Å². The number of sulfonamides is 1. The predicted molar refractivity (Wildman–Crippen MR) is 84.5 cm³/mol. The Morgan fingerprint density at radius 3 is 2.48 bits per heavy atom.